The zero-order valence-electron chi connectivity index (χ0n) is 15.9. The Morgan fingerprint density at radius 1 is 0.852 bits per heavy atom. The van der Waals surface area contributed by atoms with Crippen LogP contribution in [0.15, 0.2) is 36.5 Å². The molecular weight excluding hydrogens is 360 g/mol. The molecule has 1 atom stereocenters. The number of aliphatic hydroxyl groups excluding tert-OH is 2. The molecular formula is C18H26O9. The molecule has 0 radical (unpaired) electrons. The van der Waals surface area contributed by atoms with Crippen molar-refractivity contribution < 1.29 is 43.9 Å². The van der Waals surface area contributed by atoms with Gasteiger partial charge in [-0.15, -0.1) is 0 Å². The molecule has 9 heteroatoms. The molecule has 0 aliphatic rings. The summed E-state index contributed by atoms with van der Waals surface area (Å²) in [5.74, 6) is -6.49. The minimum Gasteiger partial charge on any atom is -0.458 e. The Hall–Kier alpha value is -2.49. The van der Waals surface area contributed by atoms with Crippen LogP contribution in [0.4, 0.5) is 0 Å². The third-order valence-corrected chi connectivity index (χ3v) is 3.76. The summed E-state index contributed by atoms with van der Waals surface area (Å²) in [7, 11) is 0. The highest BCUT2D eigenvalue weighted by Gasteiger charge is 2.62. The van der Waals surface area contributed by atoms with Gasteiger partial charge in [-0.1, -0.05) is 19.7 Å². The number of esters is 3. The maximum absolute atomic E-state index is 12.0. The average molecular weight is 386 g/mol. The van der Waals surface area contributed by atoms with E-state index in [1.807, 2.05) is 0 Å². The fraction of sp³-hybridized carbons (Fsp3) is 0.500. The van der Waals surface area contributed by atoms with Gasteiger partial charge < -0.3 is 29.5 Å². The first-order valence-corrected chi connectivity index (χ1v) is 7.86. The molecule has 0 spiro atoms. The summed E-state index contributed by atoms with van der Waals surface area (Å²) in [4.78, 5) is 35.7. The highest BCUT2D eigenvalue weighted by molar-refractivity contribution is 5.89. The molecule has 9 nitrogen and oxygen atoms in total. The highest BCUT2D eigenvalue weighted by atomic mass is 16.8. The molecule has 0 aliphatic carbocycles. The van der Waals surface area contributed by atoms with Gasteiger partial charge in [0.2, 0.25) is 0 Å². The predicted octanol–water partition coefficient (Wildman–Crippen LogP) is 0.350. The Bertz CT molecular complexity index is 615. The third kappa shape index (κ3) is 5.49. The molecule has 0 aromatic rings. The van der Waals surface area contributed by atoms with Crippen LogP contribution in [-0.4, -0.2) is 58.5 Å². The van der Waals surface area contributed by atoms with Crippen molar-refractivity contribution in [1.29, 1.82) is 0 Å². The van der Waals surface area contributed by atoms with E-state index in [0.29, 0.717) is 0 Å². The number of ether oxygens (including phenoxy) is 3. The summed E-state index contributed by atoms with van der Waals surface area (Å²) >= 11 is 0. The summed E-state index contributed by atoms with van der Waals surface area (Å²) in [6.07, 6.45) is -1.49. The van der Waals surface area contributed by atoms with Crippen molar-refractivity contribution in [3.05, 3.63) is 36.5 Å². The van der Waals surface area contributed by atoms with Crippen LogP contribution >= 0.6 is 0 Å². The normalized spacial score (nSPS) is 12.6. The standard InChI is InChI=1S/C18H26O9/c1-10(2)14(21)25-13(7)17(8-19,9-20)18(24,26-15(22)11(3)4)27-16(23)12(5)6/h13,19-20,24H,1,3,5,8-9H2,2,4,6-7H3. The van der Waals surface area contributed by atoms with Gasteiger partial charge in [0.1, 0.15) is 6.10 Å². The van der Waals surface area contributed by atoms with Crippen molar-refractivity contribution >= 4 is 17.9 Å². The van der Waals surface area contributed by atoms with E-state index in [2.05, 4.69) is 19.7 Å². The molecule has 0 amide bonds. The summed E-state index contributed by atoms with van der Waals surface area (Å²) in [6, 6.07) is 0. The lowest BCUT2D eigenvalue weighted by atomic mass is 9.81. The van der Waals surface area contributed by atoms with Gasteiger partial charge in [0, 0.05) is 16.7 Å². The van der Waals surface area contributed by atoms with Gasteiger partial charge in [-0.3, -0.25) is 0 Å². The lowest BCUT2D eigenvalue weighted by Gasteiger charge is -2.44. The molecule has 0 fully saturated rings. The van der Waals surface area contributed by atoms with Crippen LogP contribution in [0.2, 0.25) is 0 Å². The molecule has 0 heterocycles. The summed E-state index contributed by atoms with van der Waals surface area (Å²) < 4.78 is 14.7. The van der Waals surface area contributed by atoms with Crippen molar-refractivity contribution in [1.82, 2.24) is 0 Å². The van der Waals surface area contributed by atoms with Crippen LogP contribution < -0.4 is 0 Å². The number of hydrogen-bond acceptors (Lipinski definition) is 9. The Labute approximate surface area is 157 Å². The maximum Gasteiger partial charge on any atom is 0.388 e. The van der Waals surface area contributed by atoms with E-state index in [0.717, 1.165) is 0 Å². The maximum atomic E-state index is 12.0. The van der Waals surface area contributed by atoms with E-state index in [1.165, 1.54) is 27.7 Å². The molecule has 0 saturated heterocycles. The van der Waals surface area contributed by atoms with E-state index in [9.17, 15) is 29.7 Å². The van der Waals surface area contributed by atoms with Gasteiger partial charge in [-0.2, -0.15) is 0 Å². The number of carbonyl (C=O) groups is 3. The Balaban J connectivity index is 6.27. The van der Waals surface area contributed by atoms with Gasteiger partial charge in [-0.25, -0.2) is 14.4 Å². The second kappa shape index (κ2) is 9.45. The number of carbonyl (C=O) groups excluding carboxylic acids is 3. The lowest BCUT2D eigenvalue weighted by molar-refractivity contribution is -0.397. The highest BCUT2D eigenvalue weighted by Crippen LogP contribution is 2.39. The van der Waals surface area contributed by atoms with Crippen molar-refractivity contribution in [2.45, 2.75) is 39.8 Å². The first-order valence-electron chi connectivity index (χ1n) is 7.86. The molecule has 0 aromatic carbocycles. The fourth-order valence-corrected chi connectivity index (χ4v) is 1.79. The minimum absolute atomic E-state index is 0.00645. The molecule has 0 saturated carbocycles. The van der Waals surface area contributed by atoms with Crippen molar-refractivity contribution in [3.8, 4) is 0 Å². The van der Waals surface area contributed by atoms with E-state index in [4.69, 9.17) is 14.2 Å². The van der Waals surface area contributed by atoms with Gasteiger partial charge in [0.05, 0.1) is 13.2 Å². The number of aliphatic hydroxyl groups is 3. The predicted molar refractivity (Wildman–Crippen MR) is 93.7 cm³/mol. The number of rotatable bonds is 10. The molecule has 0 aliphatic heterocycles. The van der Waals surface area contributed by atoms with Gasteiger partial charge in [-0.05, 0) is 27.7 Å². The Morgan fingerprint density at radius 2 is 1.19 bits per heavy atom. The van der Waals surface area contributed by atoms with E-state index < -0.39 is 48.6 Å². The second-order valence-electron chi connectivity index (χ2n) is 6.22. The summed E-state index contributed by atoms with van der Waals surface area (Å²) in [6.45, 7) is 12.9. The van der Waals surface area contributed by atoms with Crippen molar-refractivity contribution in [2.75, 3.05) is 13.2 Å². The first-order chi connectivity index (χ1) is 12.3. The van der Waals surface area contributed by atoms with E-state index in [1.54, 1.807) is 0 Å². The third-order valence-electron chi connectivity index (χ3n) is 3.76. The second-order valence-corrected chi connectivity index (χ2v) is 6.22. The van der Waals surface area contributed by atoms with E-state index >= 15 is 0 Å². The quantitative estimate of drug-likeness (QED) is 0.276. The molecule has 27 heavy (non-hydrogen) atoms. The van der Waals surface area contributed by atoms with Crippen LogP contribution in [0.1, 0.15) is 27.7 Å². The van der Waals surface area contributed by atoms with Crippen LogP contribution in [0, 0.1) is 5.41 Å². The van der Waals surface area contributed by atoms with Crippen molar-refractivity contribution in [2.24, 2.45) is 5.41 Å². The monoisotopic (exact) mass is 386 g/mol. The van der Waals surface area contributed by atoms with Crippen molar-refractivity contribution in [3.63, 3.8) is 0 Å². The van der Waals surface area contributed by atoms with Crippen LogP contribution in [0.3, 0.4) is 0 Å². The molecule has 152 valence electrons. The van der Waals surface area contributed by atoms with Gasteiger partial charge in [0.15, 0.2) is 5.41 Å². The van der Waals surface area contributed by atoms with Gasteiger partial charge in [0.25, 0.3) is 0 Å². The largest absolute Gasteiger partial charge is 0.458 e. The fourth-order valence-electron chi connectivity index (χ4n) is 1.79. The molecule has 1 unspecified atom stereocenters. The zero-order valence-corrected chi connectivity index (χ0v) is 15.9. The molecule has 0 aromatic heterocycles. The Kier molecular flexibility index (Phi) is 8.58. The SMILES string of the molecule is C=C(C)C(=O)OC(C)C(CO)(CO)C(O)(OC(=O)C(=C)C)OC(=O)C(=C)C. The number of hydrogen-bond donors (Lipinski definition) is 3. The van der Waals surface area contributed by atoms with Crippen LogP contribution in [-0.2, 0) is 28.6 Å². The first kappa shape index (κ1) is 24.5. The van der Waals surface area contributed by atoms with E-state index in [-0.39, 0.29) is 16.7 Å². The summed E-state index contributed by atoms with van der Waals surface area (Å²) in [5.41, 5.74) is -2.69. The zero-order chi connectivity index (χ0) is 21.6. The molecule has 3 N–H and O–H groups in total. The minimum atomic E-state index is -3.21. The Morgan fingerprint density at radius 3 is 1.44 bits per heavy atom. The van der Waals surface area contributed by atoms with Crippen LogP contribution in [0.25, 0.3) is 0 Å². The summed E-state index contributed by atoms with van der Waals surface area (Å²) in [5, 5.41) is 30.6. The smallest absolute Gasteiger partial charge is 0.388 e. The van der Waals surface area contributed by atoms with Crippen LogP contribution in [0.5, 0.6) is 0 Å². The average Bonchev–Trinajstić information content (AvgIpc) is 2.55. The van der Waals surface area contributed by atoms with Gasteiger partial charge >= 0.3 is 23.9 Å². The lowest BCUT2D eigenvalue weighted by Crippen LogP contribution is -2.64. The molecule has 0 rings (SSSR count). The topological polar surface area (TPSA) is 140 Å². The molecule has 0 bridgehead atoms.